The summed E-state index contributed by atoms with van der Waals surface area (Å²) in [5.41, 5.74) is 0.331. The zero-order valence-corrected chi connectivity index (χ0v) is 34.0. The van der Waals surface area contributed by atoms with Crippen LogP contribution in [0.2, 0.25) is 5.82 Å². The first kappa shape index (κ1) is 39.8. The molecule has 15 heteroatoms. The third-order valence-electron chi connectivity index (χ3n) is 12.1. The first-order valence-electron chi connectivity index (χ1n) is 18.6. The quantitative estimate of drug-likeness (QED) is 0.215. The molecule has 0 radical (unpaired) electrons. The summed E-state index contributed by atoms with van der Waals surface area (Å²) in [5.74, 6) is -0.810. The maximum atomic E-state index is 14.6. The number of aryl methyl sites for hydroxylation is 1. The second-order valence-corrected chi connectivity index (χ2v) is 20.2. The van der Waals surface area contributed by atoms with E-state index in [0.717, 1.165) is 17.8 Å². The maximum absolute atomic E-state index is 14.6. The van der Waals surface area contributed by atoms with Crippen molar-refractivity contribution in [2.24, 2.45) is 23.2 Å². The maximum Gasteiger partial charge on any atom is 0.461 e. The highest BCUT2D eigenvalue weighted by Crippen LogP contribution is 2.66. The zero-order valence-electron chi connectivity index (χ0n) is 32.4. The highest BCUT2D eigenvalue weighted by molar-refractivity contribution is 7.88. The van der Waals surface area contributed by atoms with E-state index in [-0.39, 0.29) is 54.7 Å². The van der Waals surface area contributed by atoms with Crippen LogP contribution in [0.15, 0.2) is 23.6 Å². The van der Waals surface area contributed by atoms with Gasteiger partial charge in [0, 0.05) is 36.6 Å². The van der Waals surface area contributed by atoms with Gasteiger partial charge in [0.15, 0.2) is 5.78 Å². The number of rotatable bonds is 12. The number of esters is 1. The number of nitrogens with zero attached hydrogens (tertiary/aromatic N) is 2. The first-order chi connectivity index (χ1) is 24.7. The van der Waals surface area contributed by atoms with Crippen molar-refractivity contribution in [2.75, 3.05) is 26.5 Å². The second-order valence-electron chi connectivity index (χ2n) is 17.1. The topological polar surface area (TPSA) is 150 Å². The van der Waals surface area contributed by atoms with Crippen LogP contribution < -0.4 is 10.1 Å². The fourth-order valence-corrected chi connectivity index (χ4v) is 10.6. The van der Waals surface area contributed by atoms with Gasteiger partial charge in [-0.3, -0.25) is 9.59 Å². The Balaban J connectivity index is 1.29. The second kappa shape index (κ2) is 14.7. The van der Waals surface area contributed by atoms with Gasteiger partial charge in [-0.15, -0.1) is 11.3 Å². The molecule has 5 fully saturated rings. The van der Waals surface area contributed by atoms with E-state index in [2.05, 4.69) is 31.1 Å². The number of hydrogen-bond acceptors (Lipinski definition) is 11. The van der Waals surface area contributed by atoms with E-state index in [1.54, 1.807) is 38.3 Å². The number of ketones is 1. The highest BCUT2D eigenvalue weighted by atomic mass is 32.2. The Labute approximate surface area is 318 Å². The molecule has 12 nitrogen and oxygen atoms in total. The number of amides is 1. The van der Waals surface area contributed by atoms with Gasteiger partial charge in [-0.1, -0.05) is 26.0 Å². The lowest BCUT2D eigenvalue weighted by molar-refractivity contribution is -0.199. The van der Waals surface area contributed by atoms with Gasteiger partial charge < -0.3 is 24.1 Å². The molecule has 3 heterocycles. The van der Waals surface area contributed by atoms with Crippen molar-refractivity contribution < 1.29 is 41.6 Å². The van der Waals surface area contributed by atoms with Crippen LogP contribution in [0.5, 0.6) is 5.75 Å². The summed E-state index contributed by atoms with van der Waals surface area (Å²) in [5, 5.41) is 5.55. The predicted molar refractivity (Wildman–Crippen MR) is 202 cm³/mol. The van der Waals surface area contributed by atoms with Crippen molar-refractivity contribution in [1.82, 2.24) is 14.6 Å². The van der Waals surface area contributed by atoms with Crippen LogP contribution in [0, 0.1) is 30.1 Å². The van der Waals surface area contributed by atoms with Crippen LogP contribution in [0.4, 0.5) is 0 Å². The van der Waals surface area contributed by atoms with Crippen molar-refractivity contribution in [3.8, 4) is 5.75 Å². The van der Waals surface area contributed by atoms with Crippen molar-refractivity contribution in [3.05, 3.63) is 45.4 Å². The van der Waals surface area contributed by atoms with Gasteiger partial charge in [-0.2, -0.15) is 0 Å². The Morgan fingerprint density at radius 2 is 1.85 bits per heavy atom. The average molecular weight is 772 g/mol. The Bertz CT molecular complexity index is 1840. The Kier molecular flexibility index (Phi) is 11.0. The summed E-state index contributed by atoms with van der Waals surface area (Å²) >= 11 is 1.40. The van der Waals surface area contributed by atoms with Crippen LogP contribution in [0.1, 0.15) is 106 Å². The van der Waals surface area contributed by atoms with E-state index >= 15 is 0 Å². The fourth-order valence-electron chi connectivity index (χ4n) is 9.05. The van der Waals surface area contributed by atoms with Gasteiger partial charge in [0.25, 0.3) is 0 Å². The van der Waals surface area contributed by atoms with Crippen LogP contribution in [-0.4, -0.2) is 86.2 Å². The molecule has 53 heavy (non-hydrogen) atoms. The lowest BCUT2D eigenvalue weighted by atomic mass is 9.43. The van der Waals surface area contributed by atoms with Gasteiger partial charge in [-0.05, 0) is 95.6 Å². The molecule has 7 rings (SSSR count). The molecule has 2 bridgehead atoms. The van der Waals surface area contributed by atoms with Crippen molar-refractivity contribution in [2.45, 2.75) is 116 Å². The van der Waals surface area contributed by atoms with Crippen molar-refractivity contribution in [1.29, 1.82) is 0 Å². The van der Waals surface area contributed by atoms with Gasteiger partial charge >= 0.3 is 13.1 Å². The molecule has 3 aliphatic carbocycles. The highest BCUT2D eigenvalue weighted by Gasteiger charge is 2.68. The van der Waals surface area contributed by atoms with Crippen LogP contribution in [0.25, 0.3) is 0 Å². The van der Waals surface area contributed by atoms with E-state index in [4.69, 9.17) is 18.8 Å². The van der Waals surface area contributed by atoms with Gasteiger partial charge in [0.1, 0.15) is 23.0 Å². The number of para-hydroxylation sites is 1. The predicted octanol–water partition coefficient (Wildman–Crippen LogP) is 5.54. The number of carbonyl (C=O) groups is 3. The molecule has 1 aromatic carbocycles. The first-order valence-corrected chi connectivity index (χ1v) is 21.4. The number of nitrogens with one attached hydrogen (secondary N) is 1. The molecule has 1 amide bonds. The van der Waals surface area contributed by atoms with Gasteiger partial charge in [0.05, 0.1) is 35.8 Å². The molecule has 1 N–H and O–H groups in total. The third-order valence-corrected chi connectivity index (χ3v) is 14.1. The Morgan fingerprint density at radius 1 is 1.15 bits per heavy atom. The molecule has 2 saturated heterocycles. The van der Waals surface area contributed by atoms with Crippen molar-refractivity contribution >= 4 is 46.1 Å². The van der Waals surface area contributed by atoms with Crippen LogP contribution in [-0.2, 0) is 40.1 Å². The smallest absolute Gasteiger partial charge is 0.461 e. The number of methoxy groups -OCH3 is 1. The molecule has 3 saturated carbocycles. The molecular weight excluding hydrogens is 717 g/mol. The monoisotopic (exact) mass is 771 g/mol. The van der Waals surface area contributed by atoms with Crippen LogP contribution >= 0.6 is 11.3 Å². The molecule has 1 unspecified atom stereocenters. The van der Waals surface area contributed by atoms with E-state index in [9.17, 15) is 22.8 Å². The largest absolute Gasteiger partial charge is 0.496 e. The molecule has 1 aromatic heterocycles. The summed E-state index contributed by atoms with van der Waals surface area (Å²) in [7, 11) is -2.58. The number of thiazole rings is 1. The Hall–Kier alpha value is -2.85. The average Bonchev–Trinajstić information content (AvgIpc) is 3.67. The number of sulfonamides is 1. The molecule has 5 aliphatic rings. The normalized spacial score (nSPS) is 27.0. The van der Waals surface area contributed by atoms with Crippen molar-refractivity contribution in [3.63, 3.8) is 0 Å². The number of benzene rings is 1. The summed E-state index contributed by atoms with van der Waals surface area (Å²) in [6, 6.07) is 4.30. The number of hydrogen-bond donors (Lipinski definition) is 1. The zero-order chi connectivity index (χ0) is 38.7. The minimum Gasteiger partial charge on any atom is -0.496 e. The summed E-state index contributed by atoms with van der Waals surface area (Å²) in [4.78, 5) is 46.2. The third kappa shape index (κ3) is 8.10. The number of carbonyl (C=O) groups excluding carboxylic acids is 3. The minimum absolute atomic E-state index is 0.0151. The molecule has 2 aromatic rings. The van der Waals surface area contributed by atoms with E-state index in [1.807, 2.05) is 13.0 Å². The van der Waals surface area contributed by atoms with E-state index in [0.29, 0.717) is 41.7 Å². The molecule has 0 spiro atoms. The minimum atomic E-state index is -3.36. The number of aromatic nitrogens is 1. The van der Waals surface area contributed by atoms with E-state index in [1.165, 1.54) is 29.0 Å². The molecular formula is C38H54BN3O9S2. The summed E-state index contributed by atoms with van der Waals surface area (Å²) < 4.78 is 50.8. The number of ether oxygens (including phenoxy) is 2. The molecule has 2 aliphatic heterocycles. The van der Waals surface area contributed by atoms with Gasteiger partial charge in [-0.25, -0.2) is 22.5 Å². The Morgan fingerprint density at radius 3 is 2.43 bits per heavy atom. The summed E-state index contributed by atoms with van der Waals surface area (Å²) in [6.07, 6.45) is 3.99. The lowest BCUT2D eigenvalue weighted by Gasteiger charge is -2.64. The van der Waals surface area contributed by atoms with E-state index < -0.39 is 52.1 Å². The standard InChI is InChI=1S/C38H54BN3O9S2/c1-22-40-28(21-52-22)32(41-34(44)23-13-15-42(16-14-23)53(9,46)47)29(43)20-26(39-50-31-19-25-18-30(37(25,5)6)38(31,7)51-39)17-24-11-10-12-27(33(24)48-8)35(45)49-36(2,3)4/h10-12,21,23,25-26,30-32H,13-20H2,1-9H3,(H,41,44)/t25-,26+,30-,31+,32?,38-/m0/s1. The SMILES string of the molecule is COc1c(C[C@H](CC(=O)C(NC(=O)C2CCN(S(C)(=O)=O)CC2)c2csc(C)n2)B2O[C@@H]3C[C@@H]4C[C@@H](C4(C)C)[C@]3(C)O2)cccc1C(=O)OC(C)(C)C. The van der Waals surface area contributed by atoms with Crippen LogP contribution in [0.3, 0.4) is 0 Å². The van der Waals surface area contributed by atoms with Gasteiger partial charge in [0.2, 0.25) is 15.9 Å². The molecule has 290 valence electrons. The fraction of sp³-hybridized carbons (Fsp3) is 0.684. The number of Topliss-reactive ketones (excluding diaryl/α,β-unsaturated/α-hetero) is 1. The molecule has 6 atom stereocenters. The summed E-state index contributed by atoms with van der Waals surface area (Å²) in [6.45, 7) is 14.5. The number of piperidine rings is 1. The lowest BCUT2D eigenvalue weighted by Crippen LogP contribution is -2.65.